The van der Waals surface area contributed by atoms with Gasteiger partial charge >= 0.3 is 0 Å². The molecule has 3 aliphatic rings. The second-order valence-electron chi connectivity index (χ2n) is 6.84. The number of fused-ring (bicyclic) bond motifs is 1. The first-order valence-corrected chi connectivity index (χ1v) is 8.56. The lowest BCUT2D eigenvalue weighted by Gasteiger charge is -2.32. The molecule has 1 unspecified atom stereocenters. The Morgan fingerprint density at radius 2 is 1.96 bits per heavy atom. The molecule has 0 aromatic heterocycles. The maximum absolute atomic E-state index is 14.9. The van der Waals surface area contributed by atoms with Gasteiger partial charge < -0.3 is 4.90 Å². The van der Waals surface area contributed by atoms with Crippen molar-refractivity contribution in [3.05, 3.63) is 58.9 Å². The van der Waals surface area contributed by atoms with Crippen LogP contribution in [0, 0.1) is 0 Å². The largest absolute Gasteiger partial charge is 0.355 e. The minimum Gasteiger partial charge on any atom is -0.355 e. The van der Waals surface area contributed by atoms with Gasteiger partial charge in [0, 0.05) is 17.7 Å². The van der Waals surface area contributed by atoms with E-state index < -0.39 is 0 Å². The molecule has 0 N–H and O–H groups in total. The van der Waals surface area contributed by atoms with Crippen LogP contribution in [0.2, 0.25) is 0 Å². The van der Waals surface area contributed by atoms with E-state index in [4.69, 9.17) is 0 Å². The van der Waals surface area contributed by atoms with Gasteiger partial charge in [-0.15, -0.1) is 0 Å². The van der Waals surface area contributed by atoms with Gasteiger partial charge in [-0.25, -0.2) is 8.78 Å². The van der Waals surface area contributed by atoms with Crippen molar-refractivity contribution in [1.82, 2.24) is 4.90 Å². The quantitative estimate of drug-likeness (QED) is 0.625. The predicted molar refractivity (Wildman–Crippen MR) is 91.1 cm³/mol. The number of allylic oxidation sites excluding steroid dienone is 4. The molecule has 23 heavy (non-hydrogen) atoms. The fourth-order valence-electron chi connectivity index (χ4n) is 4.29. The lowest BCUT2D eigenvalue weighted by molar-refractivity contribution is 0.299. The van der Waals surface area contributed by atoms with Crippen molar-refractivity contribution in [2.45, 2.75) is 64.5 Å². The highest BCUT2D eigenvalue weighted by Crippen LogP contribution is 2.48. The number of rotatable bonds is 4. The smallest absolute Gasteiger partial charge is 0.132 e. The Morgan fingerprint density at radius 1 is 1.26 bits per heavy atom. The van der Waals surface area contributed by atoms with Crippen molar-refractivity contribution in [3.8, 4) is 0 Å². The molecule has 2 heterocycles. The van der Waals surface area contributed by atoms with Crippen LogP contribution < -0.4 is 0 Å². The van der Waals surface area contributed by atoms with Crippen LogP contribution in [0.5, 0.6) is 0 Å². The zero-order valence-electron chi connectivity index (χ0n) is 14.1. The number of hydrogen-bond acceptors (Lipinski definition) is 1. The predicted octanol–water partition coefficient (Wildman–Crippen LogP) is 5.89. The first-order chi connectivity index (χ1) is 11.0. The minimum atomic E-state index is -0.202. The second kappa shape index (κ2) is 6.10. The molecule has 0 bridgehead atoms. The average Bonchev–Trinajstić information content (AvgIpc) is 3.01. The number of halogens is 2. The van der Waals surface area contributed by atoms with Crippen LogP contribution in [-0.4, -0.2) is 17.0 Å². The summed E-state index contributed by atoms with van der Waals surface area (Å²) in [7, 11) is 0. The fourth-order valence-corrected chi connectivity index (χ4v) is 4.29. The Kier molecular flexibility index (Phi) is 4.31. The van der Waals surface area contributed by atoms with Gasteiger partial charge in [-0.2, -0.15) is 0 Å². The maximum atomic E-state index is 14.9. The van der Waals surface area contributed by atoms with Crippen LogP contribution in [-0.2, 0) is 0 Å². The van der Waals surface area contributed by atoms with Crippen molar-refractivity contribution >= 4 is 0 Å². The van der Waals surface area contributed by atoms with E-state index >= 15 is 0 Å². The number of hydrogen-bond donors (Lipinski definition) is 0. The van der Waals surface area contributed by atoms with E-state index in [-0.39, 0.29) is 23.7 Å². The van der Waals surface area contributed by atoms with E-state index in [1.165, 1.54) is 5.57 Å². The molecule has 124 valence electrons. The van der Waals surface area contributed by atoms with Crippen LogP contribution >= 0.6 is 0 Å². The van der Waals surface area contributed by atoms with Crippen LogP contribution in [0.1, 0.15) is 52.4 Å². The van der Waals surface area contributed by atoms with Gasteiger partial charge in [-0.1, -0.05) is 26.5 Å². The first-order valence-electron chi connectivity index (χ1n) is 8.56. The molecule has 0 spiro atoms. The van der Waals surface area contributed by atoms with E-state index in [2.05, 4.69) is 25.0 Å². The zero-order chi connectivity index (χ0) is 16.7. The molecule has 0 aromatic rings. The Morgan fingerprint density at radius 3 is 2.61 bits per heavy atom. The van der Waals surface area contributed by atoms with Gasteiger partial charge in [0.25, 0.3) is 0 Å². The lowest BCUT2D eigenvalue weighted by Crippen LogP contribution is -2.33. The third-order valence-electron chi connectivity index (χ3n) is 5.34. The van der Waals surface area contributed by atoms with Gasteiger partial charge in [0.2, 0.25) is 0 Å². The Balaban J connectivity index is 1.91. The number of nitrogens with zero attached hydrogens (tertiary/aromatic N) is 1. The van der Waals surface area contributed by atoms with Gasteiger partial charge in [-0.3, -0.25) is 0 Å². The standard InChI is InChI=1S/C20H25F2N/c1-5-6-12(2)19-14(4)23-17(9-10-18(23)20(19)22)16-8-7-15(21)11-13(16)3/h11,17-18H,2,4-10H2,1,3H3/t17-,18?/m0/s1. The van der Waals surface area contributed by atoms with Crippen molar-refractivity contribution in [1.29, 1.82) is 0 Å². The summed E-state index contributed by atoms with van der Waals surface area (Å²) in [5, 5.41) is 0. The molecule has 0 radical (unpaired) electrons. The van der Waals surface area contributed by atoms with Gasteiger partial charge in [0.05, 0.1) is 12.1 Å². The molecule has 1 saturated heterocycles. The molecule has 1 nitrogen and oxygen atoms in total. The summed E-state index contributed by atoms with van der Waals surface area (Å²) in [4.78, 5) is 2.13. The van der Waals surface area contributed by atoms with Gasteiger partial charge in [0.15, 0.2) is 0 Å². The minimum absolute atomic E-state index is 0.0534. The molecule has 0 amide bonds. The van der Waals surface area contributed by atoms with Crippen molar-refractivity contribution < 1.29 is 8.78 Å². The molecular weight excluding hydrogens is 292 g/mol. The van der Waals surface area contributed by atoms with Crippen LogP contribution in [0.3, 0.4) is 0 Å². The van der Waals surface area contributed by atoms with E-state index in [0.717, 1.165) is 48.9 Å². The lowest BCUT2D eigenvalue weighted by atomic mass is 9.90. The summed E-state index contributed by atoms with van der Waals surface area (Å²) in [6, 6.07) is -0.0540. The average molecular weight is 317 g/mol. The monoisotopic (exact) mass is 317 g/mol. The zero-order valence-corrected chi connectivity index (χ0v) is 14.1. The molecule has 1 aliphatic carbocycles. The Bertz CT molecular complexity index is 651. The Labute approximate surface area is 137 Å². The molecule has 0 saturated carbocycles. The SMILES string of the molecule is C=C(CCC)C1=C(F)C2CC[C@@H](C3=C(C)C=C(F)CC3)N2C1=C. The molecule has 2 aliphatic heterocycles. The fraction of sp³-hybridized carbons (Fsp3) is 0.500. The second-order valence-corrected chi connectivity index (χ2v) is 6.84. The molecule has 0 aromatic carbocycles. The Hall–Kier alpha value is -1.64. The van der Waals surface area contributed by atoms with E-state index in [1.807, 2.05) is 6.92 Å². The molecular formula is C20H25F2N. The molecule has 2 atom stereocenters. The van der Waals surface area contributed by atoms with E-state index in [1.54, 1.807) is 6.08 Å². The third-order valence-corrected chi connectivity index (χ3v) is 5.34. The van der Waals surface area contributed by atoms with Gasteiger partial charge in [-0.05, 0) is 55.4 Å². The van der Waals surface area contributed by atoms with Crippen molar-refractivity contribution in [3.63, 3.8) is 0 Å². The highest BCUT2D eigenvalue weighted by Gasteiger charge is 2.45. The summed E-state index contributed by atoms with van der Waals surface area (Å²) in [5.74, 6) is -0.117. The summed E-state index contributed by atoms with van der Waals surface area (Å²) < 4.78 is 28.4. The highest BCUT2D eigenvalue weighted by molar-refractivity contribution is 5.53. The summed E-state index contributed by atoms with van der Waals surface area (Å²) in [5.41, 5.74) is 4.49. The first kappa shape index (κ1) is 16.2. The molecule has 1 fully saturated rings. The van der Waals surface area contributed by atoms with Crippen LogP contribution in [0.25, 0.3) is 0 Å². The highest BCUT2D eigenvalue weighted by atomic mass is 19.1. The summed E-state index contributed by atoms with van der Waals surface area (Å²) >= 11 is 0. The van der Waals surface area contributed by atoms with E-state index in [9.17, 15) is 8.78 Å². The molecule has 3 rings (SSSR count). The van der Waals surface area contributed by atoms with Crippen LogP contribution in [0.4, 0.5) is 8.78 Å². The molecule has 3 heteroatoms. The summed E-state index contributed by atoms with van der Waals surface area (Å²) in [6.45, 7) is 12.3. The van der Waals surface area contributed by atoms with Crippen LogP contribution in [0.15, 0.2) is 58.9 Å². The van der Waals surface area contributed by atoms with E-state index in [0.29, 0.717) is 12.0 Å². The van der Waals surface area contributed by atoms with Crippen molar-refractivity contribution in [2.24, 2.45) is 0 Å². The topological polar surface area (TPSA) is 3.24 Å². The van der Waals surface area contributed by atoms with Crippen molar-refractivity contribution in [2.75, 3.05) is 0 Å². The summed E-state index contributed by atoms with van der Waals surface area (Å²) in [6.07, 6.45) is 6.26. The maximum Gasteiger partial charge on any atom is 0.132 e. The van der Waals surface area contributed by atoms with Gasteiger partial charge in [0.1, 0.15) is 11.7 Å². The third kappa shape index (κ3) is 2.60. The normalized spacial score (nSPS) is 27.7.